The summed E-state index contributed by atoms with van der Waals surface area (Å²) in [5.74, 6) is 1.09. The number of aliphatic imine (C=N–C) groups is 1. The number of rotatable bonds is 4. The van der Waals surface area contributed by atoms with E-state index in [0.717, 1.165) is 24.6 Å². The van der Waals surface area contributed by atoms with Gasteiger partial charge in [-0.05, 0) is 85.1 Å². The molecule has 0 radical (unpaired) electrons. The van der Waals surface area contributed by atoms with Gasteiger partial charge in [-0.2, -0.15) is 0 Å². The smallest absolute Gasteiger partial charge is 0.0700 e. The normalized spacial score (nSPS) is 23.6. The lowest BCUT2D eigenvalue weighted by atomic mass is 9.84. The molecule has 1 fully saturated rings. The molecule has 5 rings (SSSR count). The van der Waals surface area contributed by atoms with Crippen LogP contribution in [-0.4, -0.2) is 12.8 Å². The molecule has 3 aliphatic rings. The second-order valence-corrected chi connectivity index (χ2v) is 9.29. The lowest BCUT2D eigenvalue weighted by molar-refractivity contribution is 0.389. The van der Waals surface area contributed by atoms with Gasteiger partial charge in [0.15, 0.2) is 0 Å². The van der Waals surface area contributed by atoms with E-state index in [1.807, 2.05) is 0 Å². The third kappa shape index (κ3) is 4.27. The van der Waals surface area contributed by atoms with Crippen molar-refractivity contribution in [3.8, 4) is 11.1 Å². The summed E-state index contributed by atoms with van der Waals surface area (Å²) < 4.78 is 0. The second kappa shape index (κ2) is 9.16. The van der Waals surface area contributed by atoms with Crippen LogP contribution in [0.1, 0.15) is 49.3 Å². The predicted molar refractivity (Wildman–Crippen MR) is 137 cm³/mol. The van der Waals surface area contributed by atoms with E-state index in [2.05, 4.69) is 98.2 Å². The Kier molecular flexibility index (Phi) is 5.94. The first kappa shape index (κ1) is 20.8. The summed E-state index contributed by atoms with van der Waals surface area (Å²) in [6.45, 7) is 5.27. The molecule has 0 saturated heterocycles. The minimum absolute atomic E-state index is 0.342. The van der Waals surface area contributed by atoms with Gasteiger partial charge < -0.3 is 5.32 Å². The summed E-state index contributed by atoms with van der Waals surface area (Å²) in [5, 5.41) is 3.54. The fraction of sp³-hybridized carbons (Fsp3) is 0.300. The van der Waals surface area contributed by atoms with Gasteiger partial charge in [0.25, 0.3) is 0 Å². The summed E-state index contributed by atoms with van der Waals surface area (Å²) in [5.41, 5.74) is 10.2. The van der Waals surface area contributed by atoms with E-state index in [-0.39, 0.29) is 0 Å². The average molecular weight is 421 g/mol. The lowest BCUT2D eigenvalue weighted by Crippen LogP contribution is -2.22. The van der Waals surface area contributed by atoms with Crippen molar-refractivity contribution in [1.29, 1.82) is 0 Å². The Morgan fingerprint density at radius 1 is 1.03 bits per heavy atom. The standard InChI is InChI=1S/C30H32N2/c1-21-17-25(30-28-14-7-6-9-22(2)31-19-26(28)20-32-30)18-29(24-12-4-3-5-13-24)27(21)16-15-23-10-8-11-23/h3-7,9,12-13,15-18,20,23,26,31H,8,10-11,14,19H2,1-2H3/b7-6-,16-15-,22-9-. The maximum Gasteiger partial charge on any atom is 0.0700 e. The number of nitrogens with zero attached hydrogens (tertiary/aromatic N) is 1. The van der Waals surface area contributed by atoms with Crippen LogP contribution in [0.3, 0.4) is 0 Å². The number of allylic oxidation sites excluding steroid dienone is 5. The van der Waals surface area contributed by atoms with Crippen molar-refractivity contribution in [2.75, 3.05) is 6.54 Å². The third-order valence-corrected chi connectivity index (χ3v) is 6.99. The topological polar surface area (TPSA) is 24.4 Å². The molecule has 2 aliphatic heterocycles. The summed E-state index contributed by atoms with van der Waals surface area (Å²) in [6, 6.07) is 15.5. The van der Waals surface area contributed by atoms with Gasteiger partial charge in [0.2, 0.25) is 0 Å². The number of aryl methyl sites for hydroxylation is 1. The van der Waals surface area contributed by atoms with Gasteiger partial charge in [-0.25, -0.2) is 0 Å². The van der Waals surface area contributed by atoms with E-state index in [9.17, 15) is 0 Å². The van der Waals surface area contributed by atoms with Gasteiger partial charge in [0.05, 0.1) is 5.70 Å². The first-order chi connectivity index (χ1) is 15.7. The highest BCUT2D eigenvalue weighted by Crippen LogP contribution is 2.38. The van der Waals surface area contributed by atoms with Crippen LogP contribution in [0.2, 0.25) is 0 Å². The van der Waals surface area contributed by atoms with E-state index >= 15 is 0 Å². The second-order valence-electron chi connectivity index (χ2n) is 9.29. The molecule has 1 N–H and O–H groups in total. The molecule has 2 heteroatoms. The van der Waals surface area contributed by atoms with Crippen molar-refractivity contribution >= 4 is 18.0 Å². The van der Waals surface area contributed by atoms with Crippen LogP contribution in [0.4, 0.5) is 0 Å². The molecule has 2 heterocycles. The molecule has 32 heavy (non-hydrogen) atoms. The van der Waals surface area contributed by atoms with Crippen molar-refractivity contribution < 1.29 is 0 Å². The molecule has 0 aromatic heterocycles. The number of benzene rings is 2. The van der Waals surface area contributed by atoms with Crippen LogP contribution in [0, 0.1) is 18.8 Å². The SMILES string of the molecule is C/C1=C/C=C\CC2=C(c3cc(C)c(/C=C\C4CCC4)c(-c4ccccc4)c3)N=CC2CN1. The molecule has 1 unspecified atom stereocenters. The van der Waals surface area contributed by atoms with Gasteiger partial charge in [0, 0.05) is 29.9 Å². The Morgan fingerprint density at radius 3 is 2.66 bits per heavy atom. The molecule has 162 valence electrons. The molecule has 2 aromatic rings. The van der Waals surface area contributed by atoms with E-state index < -0.39 is 0 Å². The summed E-state index contributed by atoms with van der Waals surface area (Å²) >= 11 is 0. The predicted octanol–water partition coefficient (Wildman–Crippen LogP) is 7.34. The molecule has 2 nitrogen and oxygen atoms in total. The van der Waals surface area contributed by atoms with Crippen LogP contribution < -0.4 is 5.32 Å². The monoisotopic (exact) mass is 420 g/mol. The number of nitrogens with one attached hydrogen (secondary N) is 1. The quantitative estimate of drug-likeness (QED) is 0.550. The Bertz CT molecular complexity index is 1140. The van der Waals surface area contributed by atoms with E-state index in [1.165, 1.54) is 58.3 Å². The highest BCUT2D eigenvalue weighted by atomic mass is 14.9. The summed E-state index contributed by atoms with van der Waals surface area (Å²) in [4.78, 5) is 4.93. The number of hydrogen-bond acceptors (Lipinski definition) is 2. The zero-order valence-electron chi connectivity index (χ0n) is 19.1. The third-order valence-electron chi connectivity index (χ3n) is 6.99. The van der Waals surface area contributed by atoms with Crippen molar-refractivity contribution in [3.05, 3.63) is 94.7 Å². The zero-order valence-corrected chi connectivity index (χ0v) is 19.1. The van der Waals surface area contributed by atoms with Crippen LogP contribution in [0.15, 0.2) is 83.0 Å². The van der Waals surface area contributed by atoms with E-state index in [4.69, 9.17) is 4.99 Å². The van der Waals surface area contributed by atoms with Gasteiger partial charge in [-0.3, -0.25) is 4.99 Å². The van der Waals surface area contributed by atoms with Crippen molar-refractivity contribution in [2.45, 2.75) is 39.5 Å². The van der Waals surface area contributed by atoms with Crippen molar-refractivity contribution in [1.82, 2.24) is 5.32 Å². The Balaban J connectivity index is 1.58. The summed E-state index contributed by atoms with van der Waals surface area (Å²) in [7, 11) is 0. The molecule has 1 atom stereocenters. The minimum Gasteiger partial charge on any atom is -0.388 e. The lowest BCUT2D eigenvalue weighted by Gasteiger charge is -2.22. The Labute approximate surface area is 192 Å². The van der Waals surface area contributed by atoms with Gasteiger partial charge in [0.1, 0.15) is 0 Å². The minimum atomic E-state index is 0.342. The highest BCUT2D eigenvalue weighted by Gasteiger charge is 2.24. The van der Waals surface area contributed by atoms with Crippen LogP contribution in [0.25, 0.3) is 22.9 Å². The molecule has 0 spiro atoms. The zero-order chi connectivity index (χ0) is 21.9. The van der Waals surface area contributed by atoms with Crippen LogP contribution in [-0.2, 0) is 0 Å². The number of fused-ring (bicyclic) bond motifs is 1. The van der Waals surface area contributed by atoms with E-state index in [1.54, 1.807) is 0 Å². The summed E-state index contributed by atoms with van der Waals surface area (Å²) in [6.07, 6.45) is 18.5. The molecule has 1 saturated carbocycles. The van der Waals surface area contributed by atoms with Crippen LogP contribution >= 0.6 is 0 Å². The first-order valence-corrected chi connectivity index (χ1v) is 11.9. The molecular formula is C30H32N2. The Hall–Kier alpha value is -3.13. The fourth-order valence-electron chi connectivity index (χ4n) is 4.81. The van der Waals surface area contributed by atoms with Gasteiger partial charge >= 0.3 is 0 Å². The van der Waals surface area contributed by atoms with Crippen molar-refractivity contribution in [3.63, 3.8) is 0 Å². The largest absolute Gasteiger partial charge is 0.388 e. The van der Waals surface area contributed by atoms with Crippen LogP contribution in [0.5, 0.6) is 0 Å². The fourth-order valence-corrected chi connectivity index (χ4v) is 4.81. The Morgan fingerprint density at radius 2 is 1.88 bits per heavy atom. The molecule has 0 bridgehead atoms. The van der Waals surface area contributed by atoms with E-state index in [0.29, 0.717) is 5.92 Å². The van der Waals surface area contributed by atoms with Gasteiger partial charge in [-0.1, -0.05) is 61.1 Å². The van der Waals surface area contributed by atoms with Gasteiger partial charge in [-0.15, -0.1) is 0 Å². The number of hydrogen-bond donors (Lipinski definition) is 1. The van der Waals surface area contributed by atoms with Crippen molar-refractivity contribution in [2.24, 2.45) is 16.8 Å². The first-order valence-electron chi connectivity index (χ1n) is 11.9. The maximum absolute atomic E-state index is 4.93. The molecule has 1 aliphatic carbocycles. The maximum atomic E-state index is 4.93. The average Bonchev–Trinajstić information content (AvgIpc) is 3.20. The molecule has 2 aromatic carbocycles. The molecular weight excluding hydrogens is 388 g/mol. The molecule has 0 amide bonds. The highest BCUT2D eigenvalue weighted by molar-refractivity contribution is 5.89.